The summed E-state index contributed by atoms with van der Waals surface area (Å²) in [6, 6.07) is 6.73. The summed E-state index contributed by atoms with van der Waals surface area (Å²) in [5.74, 6) is 1.97. The second kappa shape index (κ2) is 8.09. The predicted octanol–water partition coefficient (Wildman–Crippen LogP) is 4.38. The van der Waals surface area contributed by atoms with Crippen molar-refractivity contribution in [2.75, 3.05) is 25.6 Å². The zero-order valence-corrected chi connectivity index (χ0v) is 18.1. The van der Waals surface area contributed by atoms with Gasteiger partial charge >= 0.3 is 0 Å². The van der Waals surface area contributed by atoms with Crippen LogP contribution in [0.4, 0.5) is 11.5 Å². The summed E-state index contributed by atoms with van der Waals surface area (Å²) >= 11 is 0. The standard InChI is InChI=1S/C23H32N4O2/c1-16-10-11-19(14-22(16)29-4)25(3)23-20-15-26(17(2)28)13-12-21(20)27(24-23)18-8-6-5-7-9-18/h10-11,14,18H,5-9,12-13,15H2,1-4H3. The molecule has 0 radical (unpaired) electrons. The molecular formula is C23H32N4O2. The summed E-state index contributed by atoms with van der Waals surface area (Å²) in [4.78, 5) is 16.1. The van der Waals surface area contributed by atoms with Crippen molar-refractivity contribution < 1.29 is 9.53 Å². The van der Waals surface area contributed by atoms with Gasteiger partial charge in [-0.15, -0.1) is 0 Å². The Balaban J connectivity index is 1.75. The highest BCUT2D eigenvalue weighted by Crippen LogP contribution is 2.38. The van der Waals surface area contributed by atoms with Crippen LogP contribution in [0.3, 0.4) is 0 Å². The zero-order chi connectivity index (χ0) is 20.5. The number of benzene rings is 1. The molecule has 1 aliphatic carbocycles. The SMILES string of the molecule is COc1cc(N(C)c2nn(C3CCCCC3)c3c2CN(C(C)=O)CC3)ccc1C. The van der Waals surface area contributed by atoms with Gasteiger partial charge in [-0.3, -0.25) is 9.48 Å². The van der Waals surface area contributed by atoms with E-state index in [4.69, 9.17) is 9.84 Å². The molecule has 1 fully saturated rings. The highest BCUT2D eigenvalue weighted by molar-refractivity contribution is 5.74. The van der Waals surface area contributed by atoms with Crippen LogP contribution in [0.25, 0.3) is 0 Å². The molecule has 0 unspecified atom stereocenters. The van der Waals surface area contributed by atoms with Crippen LogP contribution in [0.15, 0.2) is 18.2 Å². The van der Waals surface area contributed by atoms with Crippen LogP contribution in [0.2, 0.25) is 0 Å². The largest absolute Gasteiger partial charge is 0.496 e. The van der Waals surface area contributed by atoms with Gasteiger partial charge in [0, 0.05) is 49.9 Å². The van der Waals surface area contributed by atoms with Crippen molar-refractivity contribution in [3.8, 4) is 5.75 Å². The number of nitrogens with zero attached hydrogens (tertiary/aromatic N) is 4. The molecular weight excluding hydrogens is 364 g/mol. The predicted molar refractivity (Wildman–Crippen MR) is 115 cm³/mol. The number of aryl methyl sites for hydroxylation is 1. The van der Waals surface area contributed by atoms with Crippen molar-refractivity contribution in [3.63, 3.8) is 0 Å². The third kappa shape index (κ3) is 3.72. The minimum atomic E-state index is 0.131. The number of hydrogen-bond donors (Lipinski definition) is 0. The fraction of sp³-hybridized carbons (Fsp3) is 0.565. The zero-order valence-electron chi connectivity index (χ0n) is 18.1. The van der Waals surface area contributed by atoms with Crippen LogP contribution >= 0.6 is 0 Å². The van der Waals surface area contributed by atoms with Gasteiger partial charge in [0.25, 0.3) is 0 Å². The minimum absolute atomic E-state index is 0.131. The molecule has 2 aromatic rings. The maximum Gasteiger partial charge on any atom is 0.219 e. The number of rotatable bonds is 4. The Kier molecular flexibility index (Phi) is 5.52. The van der Waals surface area contributed by atoms with Gasteiger partial charge in [-0.25, -0.2) is 0 Å². The number of hydrogen-bond acceptors (Lipinski definition) is 4. The van der Waals surface area contributed by atoms with Crippen LogP contribution in [0.5, 0.6) is 5.75 Å². The van der Waals surface area contributed by atoms with E-state index in [1.165, 1.54) is 43.4 Å². The summed E-state index contributed by atoms with van der Waals surface area (Å²) in [5, 5.41) is 5.13. The number of fused-ring (bicyclic) bond motifs is 1. The summed E-state index contributed by atoms with van der Waals surface area (Å²) in [5.41, 5.74) is 4.67. The van der Waals surface area contributed by atoms with E-state index in [-0.39, 0.29) is 5.91 Å². The lowest BCUT2D eigenvalue weighted by Crippen LogP contribution is -2.35. The molecule has 1 saturated carbocycles. The molecule has 29 heavy (non-hydrogen) atoms. The van der Waals surface area contributed by atoms with Crippen molar-refractivity contribution in [2.45, 2.75) is 65.0 Å². The summed E-state index contributed by atoms with van der Waals surface area (Å²) in [7, 11) is 3.77. The van der Waals surface area contributed by atoms with Crippen molar-refractivity contribution >= 4 is 17.4 Å². The van der Waals surface area contributed by atoms with Crippen LogP contribution in [0, 0.1) is 6.92 Å². The smallest absolute Gasteiger partial charge is 0.219 e. The Morgan fingerprint density at radius 1 is 1.24 bits per heavy atom. The maximum absolute atomic E-state index is 12.1. The van der Waals surface area contributed by atoms with Crippen molar-refractivity contribution in [3.05, 3.63) is 35.0 Å². The molecule has 6 heteroatoms. The monoisotopic (exact) mass is 396 g/mol. The first-order valence-electron chi connectivity index (χ1n) is 10.7. The van der Waals surface area contributed by atoms with Gasteiger partial charge < -0.3 is 14.5 Å². The molecule has 0 spiro atoms. The second-order valence-corrected chi connectivity index (χ2v) is 8.39. The molecule has 0 N–H and O–H groups in total. The van der Waals surface area contributed by atoms with Crippen molar-refractivity contribution in [2.24, 2.45) is 0 Å². The summed E-state index contributed by atoms with van der Waals surface area (Å²) in [6.45, 7) is 5.13. The first kappa shape index (κ1) is 19.8. The average Bonchev–Trinajstić information content (AvgIpc) is 3.13. The molecule has 1 aliphatic heterocycles. The Hall–Kier alpha value is -2.50. The topological polar surface area (TPSA) is 50.6 Å². The lowest BCUT2D eigenvalue weighted by Gasteiger charge is -2.29. The van der Waals surface area contributed by atoms with E-state index in [0.717, 1.165) is 35.8 Å². The fourth-order valence-electron chi connectivity index (χ4n) is 4.73. The van der Waals surface area contributed by atoms with E-state index in [1.807, 2.05) is 11.8 Å². The highest BCUT2D eigenvalue weighted by Gasteiger charge is 2.31. The van der Waals surface area contributed by atoms with Crippen LogP contribution in [-0.4, -0.2) is 41.3 Å². The van der Waals surface area contributed by atoms with E-state index in [9.17, 15) is 4.79 Å². The lowest BCUT2D eigenvalue weighted by molar-refractivity contribution is -0.129. The molecule has 2 heterocycles. The highest BCUT2D eigenvalue weighted by atomic mass is 16.5. The molecule has 156 valence electrons. The molecule has 0 bridgehead atoms. The van der Waals surface area contributed by atoms with Gasteiger partial charge in [-0.05, 0) is 31.4 Å². The molecule has 6 nitrogen and oxygen atoms in total. The van der Waals surface area contributed by atoms with E-state index >= 15 is 0 Å². The van der Waals surface area contributed by atoms with E-state index in [0.29, 0.717) is 12.6 Å². The first-order chi connectivity index (χ1) is 14.0. The van der Waals surface area contributed by atoms with Crippen LogP contribution < -0.4 is 9.64 Å². The Morgan fingerprint density at radius 3 is 2.69 bits per heavy atom. The number of methoxy groups -OCH3 is 1. The molecule has 0 atom stereocenters. The Morgan fingerprint density at radius 2 is 2.00 bits per heavy atom. The average molecular weight is 397 g/mol. The van der Waals surface area contributed by atoms with Gasteiger partial charge in [0.15, 0.2) is 5.82 Å². The number of carbonyl (C=O) groups is 1. The quantitative estimate of drug-likeness (QED) is 0.770. The van der Waals surface area contributed by atoms with E-state index < -0.39 is 0 Å². The molecule has 2 aliphatic rings. The molecule has 1 aromatic carbocycles. The van der Waals surface area contributed by atoms with Crippen LogP contribution in [-0.2, 0) is 17.8 Å². The minimum Gasteiger partial charge on any atom is -0.496 e. The molecule has 4 rings (SSSR count). The van der Waals surface area contributed by atoms with Gasteiger partial charge in [-0.2, -0.15) is 5.10 Å². The van der Waals surface area contributed by atoms with Gasteiger partial charge in [0.1, 0.15) is 5.75 Å². The number of anilines is 2. The van der Waals surface area contributed by atoms with Gasteiger partial charge in [0.05, 0.1) is 19.7 Å². The van der Waals surface area contributed by atoms with Gasteiger partial charge in [-0.1, -0.05) is 25.3 Å². The van der Waals surface area contributed by atoms with E-state index in [1.54, 1.807) is 14.0 Å². The maximum atomic E-state index is 12.1. The fourth-order valence-corrected chi connectivity index (χ4v) is 4.73. The second-order valence-electron chi connectivity index (χ2n) is 8.39. The number of carbonyl (C=O) groups excluding carboxylic acids is 1. The van der Waals surface area contributed by atoms with Crippen molar-refractivity contribution in [1.82, 2.24) is 14.7 Å². The lowest BCUT2D eigenvalue weighted by atomic mass is 9.95. The Labute approximate surface area is 173 Å². The summed E-state index contributed by atoms with van der Waals surface area (Å²) < 4.78 is 7.82. The molecule has 0 saturated heterocycles. The number of ether oxygens (including phenoxy) is 1. The summed E-state index contributed by atoms with van der Waals surface area (Å²) in [6.07, 6.45) is 7.16. The molecule has 1 amide bonds. The number of amides is 1. The number of aromatic nitrogens is 2. The van der Waals surface area contributed by atoms with Crippen LogP contribution in [0.1, 0.15) is 61.9 Å². The first-order valence-corrected chi connectivity index (χ1v) is 10.7. The van der Waals surface area contributed by atoms with Gasteiger partial charge in [0.2, 0.25) is 5.91 Å². The van der Waals surface area contributed by atoms with Crippen molar-refractivity contribution in [1.29, 1.82) is 0 Å². The Bertz CT molecular complexity index is 899. The molecule has 1 aromatic heterocycles. The normalized spacial score (nSPS) is 17.2. The van der Waals surface area contributed by atoms with E-state index in [2.05, 4.69) is 34.8 Å². The third-order valence-corrected chi connectivity index (χ3v) is 6.53. The third-order valence-electron chi connectivity index (χ3n) is 6.53.